The number of fused-ring (bicyclic) bond motifs is 1. The zero-order valence-corrected chi connectivity index (χ0v) is 11.3. The molecule has 2 saturated heterocycles. The fraction of sp³-hybridized carbons (Fsp3) is 0.857. The summed E-state index contributed by atoms with van der Waals surface area (Å²) < 4.78 is 0. The number of rotatable bonds is 0. The Balaban J connectivity index is 2.08. The van der Waals surface area contributed by atoms with Crippen molar-refractivity contribution in [2.75, 3.05) is 20.1 Å². The summed E-state index contributed by atoms with van der Waals surface area (Å²) in [6.07, 6.45) is 4.06. The molecule has 0 aliphatic carbocycles. The van der Waals surface area contributed by atoms with Crippen LogP contribution in [0.4, 0.5) is 0 Å². The molecule has 0 saturated carbocycles. The second kappa shape index (κ2) is 3.97. The second-order valence-electron chi connectivity index (χ2n) is 6.57. The lowest BCUT2D eigenvalue weighted by Gasteiger charge is -2.51. The van der Waals surface area contributed by atoms with Crippen molar-refractivity contribution in [2.45, 2.75) is 46.1 Å². The number of nitrogens with zero attached hydrogens (tertiary/aromatic N) is 2. The first-order valence-corrected chi connectivity index (χ1v) is 6.56. The van der Waals surface area contributed by atoms with Crippen LogP contribution in [0.1, 0.15) is 40.0 Å². The second-order valence-corrected chi connectivity index (χ2v) is 6.57. The Labute approximate surface area is 100 Å². The van der Waals surface area contributed by atoms with Crippen LogP contribution in [0.5, 0.6) is 0 Å². The van der Waals surface area contributed by atoms with Crippen molar-refractivity contribution in [3.8, 4) is 0 Å². The van der Waals surface area contributed by atoms with Crippen molar-refractivity contribution in [2.24, 2.45) is 11.3 Å². The Kier molecular flexibility index (Phi) is 2.93. The van der Waals surface area contributed by atoms with E-state index in [1.165, 1.54) is 38.2 Å². The Morgan fingerprint density at radius 1 is 1.19 bits per heavy atom. The van der Waals surface area contributed by atoms with Crippen LogP contribution in [0.15, 0.2) is 12.4 Å². The summed E-state index contributed by atoms with van der Waals surface area (Å²) in [7, 11) is 2.17. The summed E-state index contributed by atoms with van der Waals surface area (Å²) in [5, 5.41) is 0. The number of hydrogen-bond acceptors (Lipinski definition) is 2. The molecule has 0 aromatic heterocycles. The average molecular weight is 222 g/mol. The molecule has 0 spiro atoms. The van der Waals surface area contributed by atoms with Crippen LogP contribution in [0.3, 0.4) is 0 Å². The Morgan fingerprint density at radius 3 is 2.50 bits per heavy atom. The molecule has 2 heterocycles. The lowest BCUT2D eigenvalue weighted by molar-refractivity contribution is 0.0290. The molecular weight excluding hydrogens is 196 g/mol. The van der Waals surface area contributed by atoms with E-state index in [0.29, 0.717) is 5.41 Å². The van der Waals surface area contributed by atoms with Gasteiger partial charge in [-0.2, -0.15) is 0 Å². The minimum atomic E-state index is 0.432. The van der Waals surface area contributed by atoms with Crippen LogP contribution in [-0.4, -0.2) is 36.0 Å². The predicted molar refractivity (Wildman–Crippen MR) is 69.1 cm³/mol. The van der Waals surface area contributed by atoms with Gasteiger partial charge in [0, 0.05) is 26.2 Å². The monoisotopic (exact) mass is 222 g/mol. The van der Waals surface area contributed by atoms with Crippen molar-refractivity contribution in [1.82, 2.24) is 9.80 Å². The van der Waals surface area contributed by atoms with Gasteiger partial charge in [-0.05, 0) is 30.6 Å². The van der Waals surface area contributed by atoms with E-state index in [-0.39, 0.29) is 0 Å². The summed E-state index contributed by atoms with van der Waals surface area (Å²) >= 11 is 0. The van der Waals surface area contributed by atoms with Gasteiger partial charge in [0.2, 0.25) is 0 Å². The standard InChI is InChI=1S/C14H26N2/c1-11-15(5)9-8-13-7-6-12(10-16(11)13)14(2,3)4/h12-13H,1,6-10H2,2-5H3. The van der Waals surface area contributed by atoms with Crippen LogP contribution >= 0.6 is 0 Å². The van der Waals surface area contributed by atoms with Crippen molar-refractivity contribution in [3.05, 3.63) is 12.4 Å². The molecule has 92 valence electrons. The Bertz CT molecular complexity index is 277. The zero-order valence-electron chi connectivity index (χ0n) is 11.3. The third-order valence-corrected chi connectivity index (χ3v) is 4.50. The van der Waals surface area contributed by atoms with E-state index in [0.717, 1.165) is 12.0 Å². The topological polar surface area (TPSA) is 6.48 Å². The van der Waals surface area contributed by atoms with Gasteiger partial charge in [0.25, 0.3) is 0 Å². The Morgan fingerprint density at radius 2 is 1.88 bits per heavy atom. The summed E-state index contributed by atoms with van der Waals surface area (Å²) in [6, 6.07) is 0.766. The molecule has 0 N–H and O–H groups in total. The molecule has 0 aromatic carbocycles. The van der Waals surface area contributed by atoms with Crippen molar-refractivity contribution < 1.29 is 0 Å². The maximum absolute atomic E-state index is 4.25. The number of piperidine rings is 1. The highest BCUT2D eigenvalue weighted by Crippen LogP contribution is 2.38. The largest absolute Gasteiger partial charge is 0.362 e. The van der Waals surface area contributed by atoms with Crippen molar-refractivity contribution >= 4 is 0 Å². The molecule has 0 aromatic rings. The van der Waals surface area contributed by atoms with E-state index in [1.807, 2.05) is 0 Å². The third-order valence-electron chi connectivity index (χ3n) is 4.50. The molecule has 2 atom stereocenters. The Hall–Kier alpha value is -0.660. The first-order valence-electron chi connectivity index (χ1n) is 6.56. The van der Waals surface area contributed by atoms with Crippen LogP contribution in [0, 0.1) is 11.3 Å². The van der Waals surface area contributed by atoms with Crippen LogP contribution in [0.2, 0.25) is 0 Å². The summed E-state index contributed by atoms with van der Waals surface area (Å²) in [6.45, 7) is 13.7. The van der Waals surface area contributed by atoms with Crippen LogP contribution < -0.4 is 0 Å². The molecule has 0 radical (unpaired) electrons. The first-order chi connectivity index (χ1) is 7.39. The molecule has 2 heteroatoms. The third kappa shape index (κ3) is 2.07. The van der Waals surface area contributed by atoms with Gasteiger partial charge in [-0.3, -0.25) is 0 Å². The van der Waals surface area contributed by atoms with E-state index >= 15 is 0 Å². The predicted octanol–water partition coefficient (Wildman–Crippen LogP) is 2.92. The lowest BCUT2D eigenvalue weighted by atomic mass is 9.74. The normalized spacial score (nSPS) is 31.6. The molecule has 0 amide bonds. The van der Waals surface area contributed by atoms with Gasteiger partial charge in [-0.15, -0.1) is 0 Å². The minimum Gasteiger partial charge on any atom is -0.362 e. The minimum absolute atomic E-state index is 0.432. The highest BCUT2D eigenvalue weighted by atomic mass is 15.4. The van der Waals surface area contributed by atoms with Gasteiger partial charge in [0.05, 0.1) is 5.82 Å². The SMILES string of the molecule is C=C1N(C)CCC2CCC(C(C)(C)C)CN12. The van der Waals surface area contributed by atoms with E-state index in [4.69, 9.17) is 0 Å². The van der Waals surface area contributed by atoms with Gasteiger partial charge in [-0.1, -0.05) is 27.4 Å². The number of hydrogen-bond donors (Lipinski definition) is 0. The molecule has 2 aliphatic rings. The van der Waals surface area contributed by atoms with Gasteiger partial charge in [-0.25, -0.2) is 0 Å². The zero-order chi connectivity index (χ0) is 11.9. The summed E-state index contributed by atoms with van der Waals surface area (Å²) in [5.74, 6) is 2.05. The maximum atomic E-state index is 4.25. The van der Waals surface area contributed by atoms with E-state index in [9.17, 15) is 0 Å². The molecule has 2 unspecified atom stereocenters. The highest BCUT2D eigenvalue weighted by molar-refractivity contribution is 5.03. The van der Waals surface area contributed by atoms with Gasteiger partial charge in [0.15, 0.2) is 0 Å². The fourth-order valence-electron chi connectivity index (χ4n) is 3.04. The van der Waals surface area contributed by atoms with Crippen LogP contribution in [-0.2, 0) is 0 Å². The molecule has 2 rings (SSSR count). The molecular formula is C14H26N2. The maximum Gasteiger partial charge on any atom is 0.0965 e. The molecule has 2 fully saturated rings. The van der Waals surface area contributed by atoms with Gasteiger partial charge in [0.1, 0.15) is 0 Å². The van der Waals surface area contributed by atoms with Crippen molar-refractivity contribution in [3.63, 3.8) is 0 Å². The molecule has 2 nitrogen and oxygen atoms in total. The quantitative estimate of drug-likeness (QED) is 0.622. The van der Waals surface area contributed by atoms with E-state index in [1.54, 1.807) is 0 Å². The smallest absolute Gasteiger partial charge is 0.0965 e. The summed E-state index contributed by atoms with van der Waals surface area (Å²) in [4.78, 5) is 4.87. The highest BCUT2D eigenvalue weighted by Gasteiger charge is 2.37. The van der Waals surface area contributed by atoms with Crippen LogP contribution in [0.25, 0.3) is 0 Å². The van der Waals surface area contributed by atoms with Gasteiger partial charge >= 0.3 is 0 Å². The van der Waals surface area contributed by atoms with Crippen molar-refractivity contribution in [1.29, 1.82) is 0 Å². The fourth-order valence-corrected chi connectivity index (χ4v) is 3.04. The molecule has 2 aliphatic heterocycles. The van der Waals surface area contributed by atoms with Gasteiger partial charge < -0.3 is 9.80 Å². The summed E-state index contributed by atoms with van der Waals surface area (Å²) in [5.41, 5.74) is 0.432. The van der Waals surface area contributed by atoms with E-state index < -0.39 is 0 Å². The first kappa shape index (κ1) is 11.8. The molecule has 0 bridgehead atoms. The average Bonchev–Trinajstić information content (AvgIpc) is 2.22. The van der Waals surface area contributed by atoms with E-state index in [2.05, 4.69) is 44.2 Å². The molecule has 16 heavy (non-hydrogen) atoms. The lowest BCUT2D eigenvalue weighted by Crippen LogP contribution is -2.52.